The Kier molecular flexibility index (Phi) is 5.34. The molecule has 122 valence electrons. The smallest absolute Gasteiger partial charge is 0.308 e. The molecule has 3 atom stereocenters. The van der Waals surface area contributed by atoms with Gasteiger partial charge in [0.25, 0.3) is 0 Å². The molecule has 0 aromatic carbocycles. The highest BCUT2D eigenvalue weighted by atomic mass is 16.4. The number of carboxylic acid groups (broad SMARTS) is 1. The van der Waals surface area contributed by atoms with E-state index in [2.05, 4.69) is 32.7 Å². The van der Waals surface area contributed by atoms with E-state index in [4.69, 9.17) is 0 Å². The van der Waals surface area contributed by atoms with Gasteiger partial charge in [-0.3, -0.25) is 9.69 Å². The molecule has 0 heterocycles. The highest BCUT2D eigenvalue weighted by Gasteiger charge is 2.43. The third kappa shape index (κ3) is 3.61. The molecule has 21 heavy (non-hydrogen) atoms. The van der Waals surface area contributed by atoms with Crippen LogP contribution in [0.2, 0.25) is 0 Å². The average molecular weight is 295 g/mol. The summed E-state index contributed by atoms with van der Waals surface area (Å²) in [6.07, 6.45) is 9.28. The molecule has 0 radical (unpaired) electrons. The van der Waals surface area contributed by atoms with E-state index in [1.165, 1.54) is 32.1 Å². The van der Waals surface area contributed by atoms with Gasteiger partial charge in [-0.05, 0) is 50.5 Å². The number of carboxylic acids is 1. The zero-order chi connectivity index (χ0) is 15.6. The van der Waals surface area contributed by atoms with E-state index < -0.39 is 5.97 Å². The van der Waals surface area contributed by atoms with Crippen LogP contribution >= 0.6 is 0 Å². The van der Waals surface area contributed by atoms with Crippen LogP contribution in [0.3, 0.4) is 0 Å². The summed E-state index contributed by atoms with van der Waals surface area (Å²) in [5.74, 6) is -0.0935. The molecule has 0 aliphatic heterocycles. The van der Waals surface area contributed by atoms with Crippen LogP contribution in [0, 0.1) is 17.3 Å². The second-order valence-corrected chi connectivity index (χ2v) is 7.97. The van der Waals surface area contributed by atoms with Crippen LogP contribution < -0.4 is 0 Å². The third-order valence-corrected chi connectivity index (χ3v) is 6.57. The molecule has 2 aliphatic carbocycles. The Bertz CT molecular complexity index is 360. The summed E-state index contributed by atoms with van der Waals surface area (Å²) in [4.78, 5) is 14.1. The summed E-state index contributed by atoms with van der Waals surface area (Å²) < 4.78 is 0. The second kappa shape index (κ2) is 6.68. The van der Waals surface area contributed by atoms with Crippen molar-refractivity contribution in [2.45, 2.75) is 84.2 Å². The van der Waals surface area contributed by atoms with Crippen molar-refractivity contribution < 1.29 is 9.90 Å². The molecule has 0 spiro atoms. The normalized spacial score (nSPS) is 31.8. The second-order valence-electron chi connectivity index (χ2n) is 7.97. The van der Waals surface area contributed by atoms with E-state index in [0.29, 0.717) is 17.4 Å². The van der Waals surface area contributed by atoms with Gasteiger partial charge in [0.2, 0.25) is 0 Å². The highest BCUT2D eigenvalue weighted by molar-refractivity contribution is 5.71. The van der Waals surface area contributed by atoms with E-state index in [1.807, 2.05) is 0 Å². The van der Waals surface area contributed by atoms with Crippen LogP contribution in [-0.4, -0.2) is 35.1 Å². The summed E-state index contributed by atoms with van der Waals surface area (Å²) in [6.45, 7) is 6.97. The van der Waals surface area contributed by atoms with Crippen LogP contribution in [0.4, 0.5) is 0 Å². The molecular formula is C18H33NO2. The Morgan fingerprint density at radius 1 is 1.19 bits per heavy atom. The third-order valence-electron chi connectivity index (χ3n) is 6.57. The zero-order valence-corrected chi connectivity index (χ0v) is 14.3. The van der Waals surface area contributed by atoms with Gasteiger partial charge in [0.1, 0.15) is 0 Å². The van der Waals surface area contributed by atoms with Gasteiger partial charge in [0.15, 0.2) is 0 Å². The summed E-state index contributed by atoms with van der Waals surface area (Å²) in [5, 5.41) is 9.62. The predicted octanol–water partition coefficient (Wildman–Crippen LogP) is 4.17. The lowest BCUT2D eigenvalue weighted by Crippen LogP contribution is -2.50. The molecular weight excluding hydrogens is 262 g/mol. The van der Waals surface area contributed by atoms with Crippen LogP contribution in [0.15, 0.2) is 0 Å². The summed E-state index contributed by atoms with van der Waals surface area (Å²) in [5.41, 5.74) is 0.332. The van der Waals surface area contributed by atoms with Gasteiger partial charge >= 0.3 is 5.97 Å². The van der Waals surface area contributed by atoms with Crippen LogP contribution in [-0.2, 0) is 4.79 Å². The summed E-state index contributed by atoms with van der Waals surface area (Å²) in [7, 11) is 2.18. The molecule has 0 aromatic heterocycles. The van der Waals surface area contributed by atoms with Gasteiger partial charge in [0, 0.05) is 12.1 Å². The first-order valence-corrected chi connectivity index (χ1v) is 8.81. The zero-order valence-electron chi connectivity index (χ0n) is 14.3. The van der Waals surface area contributed by atoms with E-state index in [0.717, 1.165) is 19.3 Å². The van der Waals surface area contributed by atoms with Gasteiger partial charge in [0.05, 0.1) is 5.92 Å². The molecule has 0 saturated heterocycles. The maximum absolute atomic E-state index is 11.7. The van der Waals surface area contributed by atoms with Gasteiger partial charge in [-0.15, -0.1) is 0 Å². The Hall–Kier alpha value is -0.570. The van der Waals surface area contributed by atoms with Crippen molar-refractivity contribution in [2.24, 2.45) is 17.3 Å². The molecule has 2 fully saturated rings. The number of rotatable bonds is 5. The van der Waals surface area contributed by atoms with Crippen molar-refractivity contribution in [1.82, 2.24) is 4.90 Å². The Balaban J connectivity index is 2.12. The quantitative estimate of drug-likeness (QED) is 0.827. The first kappa shape index (κ1) is 16.8. The molecule has 3 nitrogen and oxygen atoms in total. The lowest BCUT2D eigenvalue weighted by atomic mass is 9.65. The van der Waals surface area contributed by atoms with Crippen molar-refractivity contribution in [3.05, 3.63) is 0 Å². The van der Waals surface area contributed by atoms with E-state index >= 15 is 0 Å². The number of hydrogen-bond donors (Lipinski definition) is 1. The van der Waals surface area contributed by atoms with E-state index in [9.17, 15) is 9.90 Å². The van der Waals surface area contributed by atoms with E-state index in [1.54, 1.807) is 0 Å². The molecule has 3 heteroatoms. The van der Waals surface area contributed by atoms with Gasteiger partial charge in [-0.25, -0.2) is 0 Å². The van der Waals surface area contributed by atoms with Crippen molar-refractivity contribution in [3.63, 3.8) is 0 Å². The predicted molar refractivity (Wildman–Crippen MR) is 86.3 cm³/mol. The first-order chi connectivity index (χ1) is 9.86. The molecule has 2 aliphatic rings. The van der Waals surface area contributed by atoms with Crippen LogP contribution in [0.25, 0.3) is 0 Å². The molecule has 0 amide bonds. The van der Waals surface area contributed by atoms with Crippen molar-refractivity contribution >= 4 is 5.97 Å². The van der Waals surface area contributed by atoms with Gasteiger partial charge < -0.3 is 5.11 Å². The molecule has 2 rings (SSSR count). The summed E-state index contributed by atoms with van der Waals surface area (Å²) in [6, 6.07) is 0.843. The fourth-order valence-corrected chi connectivity index (χ4v) is 4.47. The topological polar surface area (TPSA) is 40.5 Å². The van der Waals surface area contributed by atoms with Crippen molar-refractivity contribution in [1.29, 1.82) is 0 Å². The lowest BCUT2D eigenvalue weighted by Gasteiger charge is -2.46. The molecule has 0 aromatic rings. The molecule has 3 unspecified atom stereocenters. The number of nitrogens with zero attached hydrogens (tertiary/aromatic N) is 1. The monoisotopic (exact) mass is 295 g/mol. The Morgan fingerprint density at radius 3 is 2.33 bits per heavy atom. The maximum atomic E-state index is 11.7. The number of carbonyl (C=O) groups is 1. The fourth-order valence-electron chi connectivity index (χ4n) is 4.47. The van der Waals surface area contributed by atoms with E-state index in [-0.39, 0.29) is 12.0 Å². The first-order valence-electron chi connectivity index (χ1n) is 8.81. The minimum atomic E-state index is -0.586. The minimum absolute atomic E-state index is 0.167. The SMILES string of the molecule is CCC(C)(C)C1CCC(C(=O)O)C(N(C)C2CCCC2)C1. The highest BCUT2D eigenvalue weighted by Crippen LogP contribution is 2.44. The lowest BCUT2D eigenvalue weighted by molar-refractivity contribution is -0.147. The van der Waals surface area contributed by atoms with Crippen molar-refractivity contribution in [2.75, 3.05) is 7.05 Å². The average Bonchev–Trinajstić information content (AvgIpc) is 2.99. The fraction of sp³-hybridized carbons (Fsp3) is 0.944. The summed E-state index contributed by atoms with van der Waals surface area (Å²) >= 11 is 0. The Morgan fingerprint density at radius 2 is 1.81 bits per heavy atom. The van der Waals surface area contributed by atoms with Gasteiger partial charge in [-0.1, -0.05) is 40.0 Å². The van der Waals surface area contributed by atoms with Crippen LogP contribution in [0.1, 0.15) is 72.1 Å². The van der Waals surface area contributed by atoms with Gasteiger partial charge in [-0.2, -0.15) is 0 Å². The minimum Gasteiger partial charge on any atom is -0.481 e. The molecule has 2 saturated carbocycles. The standard InChI is InChI=1S/C18H33NO2/c1-5-18(2,3)13-10-11-15(17(20)21)16(12-13)19(4)14-8-6-7-9-14/h13-16H,5-12H2,1-4H3,(H,20,21). The Labute approximate surface area is 130 Å². The molecule has 0 bridgehead atoms. The maximum Gasteiger partial charge on any atom is 0.308 e. The van der Waals surface area contributed by atoms with Crippen LogP contribution in [0.5, 0.6) is 0 Å². The number of hydrogen-bond acceptors (Lipinski definition) is 2. The van der Waals surface area contributed by atoms with Crippen molar-refractivity contribution in [3.8, 4) is 0 Å². The largest absolute Gasteiger partial charge is 0.481 e. The molecule has 1 N–H and O–H groups in total. The number of aliphatic carboxylic acids is 1.